The van der Waals surface area contributed by atoms with E-state index in [1.807, 2.05) is 6.92 Å². The first-order chi connectivity index (χ1) is 8.26. The maximum Gasteiger partial charge on any atom is 0.0772 e. The summed E-state index contributed by atoms with van der Waals surface area (Å²) >= 11 is 1.73. The quantitative estimate of drug-likeness (QED) is 0.616. The van der Waals surface area contributed by atoms with Crippen molar-refractivity contribution in [2.24, 2.45) is 5.73 Å². The molecule has 3 nitrogen and oxygen atoms in total. The minimum absolute atomic E-state index is 0.418. The molecule has 0 unspecified atom stereocenters. The van der Waals surface area contributed by atoms with Crippen LogP contribution in [0.5, 0.6) is 0 Å². The van der Waals surface area contributed by atoms with Crippen LogP contribution in [0.4, 0.5) is 0 Å². The zero-order chi connectivity index (χ0) is 12.5. The second-order valence-corrected chi connectivity index (χ2v) is 4.87. The van der Waals surface area contributed by atoms with Crippen molar-refractivity contribution in [1.82, 2.24) is 4.90 Å². The molecule has 0 bridgehead atoms. The van der Waals surface area contributed by atoms with Crippen LogP contribution in [-0.2, 0) is 11.3 Å². The summed E-state index contributed by atoms with van der Waals surface area (Å²) in [6, 6.07) is 4.18. The van der Waals surface area contributed by atoms with E-state index in [0.717, 1.165) is 31.2 Å². The van der Waals surface area contributed by atoms with Gasteiger partial charge in [-0.25, -0.2) is 0 Å². The standard InChI is InChI=1S/C13H20N2OS/c1-3-16-10-9-15(2)11-13-7-6-12(17-13)5-4-8-14/h6-7H,3,8-11,14H2,1-2H3. The molecule has 0 aliphatic rings. The molecular formula is C13H20N2OS. The maximum atomic E-state index is 5.34. The van der Waals surface area contributed by atoms with Crippen LogP contribution in [0.3, 0.4) is 0 Å². The van der Waals surface area contributed by atoms with Crippen LogP contribution in [0.1, 0.15) is 16.7 Å². The Hall–Kier alpha value is -0.860. The van der Waals surface area contributed by atoms with Crippen LogP contribution in [-0.4, -0.2) is 38.3 Å². The van der Waals surface area contributed by atoms with E-state index in [0.29, 0.717) is 6.54 Å². The Morgan fingerprint density at radius 2 is 2.29 bits per heavy atom. The summed E-state index contributed by atoms with van der Waals surface area (Å²) in [6.07, 6.45) is 0. The zero-order valence-corrected chi connectivity index (χ0v) is 11.3. The summed E-state index contributed by atoms with van der Waals surface area (Å²) in [7, 11) is 2.10. The second-order valence-electron chi connectivity index (χ2n) is 3.71. The number of nitrogens with zero attached hydrogens (tertiary/aromatic N) is 1. The highest BCUT2D eigenvalue weighted by Gasteiger charge is 2.02. The van der Waals surface area contributed by atoms with Gasteiger partial charge in [-0.3, -0.25) is 4.90 Å². The van der Waals surface area contributed by atoms with Gasteiger partial charge in [0.15, 0.2) is 0 Å². The molecule has 0 saturated carbocycles. The number of hydrogen-bond donors (Lipinski definition) is 1. The topological polar surface area (TPSA) is 38.5 Å². The van der Waals surface area contributed by atoms with Crippen LogP contribution in [0, 0.1) is 11.8 Å². The Bertz CT molecular complexity index is 378. The molecule has 0 fully saturated rings. The lowest BCUT2D eigenvalue weighted by Crippen LogP contribution is -2.22. The summed E-state index contributed by atoms with van der Waals surface area (Å²) in [4.78, 5) is 4.66. The van der Waals surface area contributed by atoms with E-state index in [9.17, 15) is 0 Å². The molecule has 0 spiro atoms. The summed E-state index contributed by atoms with van der Waals surface area (Å²) in [5.41, 5.74) is 5.34. The van der Waals surface area contributed by atoms with Crippen molar-refractivity contribution in [1.29, 1.82) is 0 Å². The minimum atomic E-state index is 0.418. The lowest BCUT2D eigenvalue weighted by molar-refractivity contribution is 0.120. The molecule has 0 aromatic carbocycles. The first-order valence-corrected chi connectivity index (χ1v) is 6.61. The van der Waals surface area contributed by atoms with Gasteiger partial charge in [0, 0.05) is 24.6 Å². The maximum absolute atomic E-state index is 5.34. The Morgan fingerprint density at radius 3 is 3.00 bits per heavy atom. The smallest absolute Gasteiger partial charge is 0.0772 e. The van der Waals surface area contributed by atoms with Gasteiger partial charge in [0.05, 0.1) is 18.0 Å². The van der Waals surface area contributed by atoms with E-state index in [2.05, 4.69) is 35.9 Å². The van der Waals surface area contributed by atoms with Gasteiger partial charge in [-0.15, -0.1) is 11.3 Å². The summed E-state index contributed by atoms with van der Waals surface area (Å²) in [5, 5.41) is 0. The molecule has 0 atom stereocenters. The highest BCUT2D eigenvalue weighted by Crippen LogP contribution is 2.16. The number of thiophene rings is 1. The van der Waals surface area contributed by atoms with Gasteiger partial charge in [-0.1, -0.05) is 11.8 Å². The second kappa shape index (κ2) is 8.26. The fourth-order valence-corrected chi connectivity index (χ4v) is 2.34. The first-order valence-electron chi connectivity index (χ1n) is 5.80. The first kappa shape index (κ1) is 14.2. The predicted octanol–water partition coefficient (Wildman–Crippen LogP) is 1.53. The Labute approximate surface area is 108 Å². The van der Waals surface area contributed by atoms with Crippen molar-refractivity contribution in [3.63, 3.8) is 0 Å². The molecule has 0 amide bonds. The third-order valence-corrected chi connectivity index (χ3v) is 3.21. The molecule has 0 aliphatic heterocycles. The summed E-state index contributed by atoms with van der Waals surface area (Å²) in [6.45, 7) is 5.91. The van der Waals surface area contributed by atoms with E-state index in [1.54, 1.807) is 11.3 Å². The largest absolute Gasteiger partial charge is 0.380 e. The van der Waals surface area contributed by atoms with Gasteiger partial charge < -0.3 is 10.5 Å². The van der Waals surface area contributed by atoms with Crippen molar-refractivity contribution in [3.8, 4) is 11.8 Å². The zero-order valence-electron chi connectivity index (χ0n) is 10.5. The Kier molecular flexibility index (Phi) is 6.90. The normalized spacial score (nSPS) is 10.4. The van der Waals surface area contributed by atoms with Gasteiger partial charge in [0.25, 0.3) is 0 Å². The molecule has 0 radical (unpaired) electrons. The molecule has 2 N–H and O–H groups in total. The molecule has 17 heavy (non-hydrogen) atoms. The SMILES string of the molecule is CCOCCN(C)Cc1ccc(C#CCN)s1. The summed E-state index contributed by atoms with van der Waals surface area (Å²) in [5.74, 6) is 5.92. The fraction of sp³-hybridized carbons (Fsp3) is 0.538. The van der Waals surface area contributed by atoms with E-state index >= 15 is 0 Å². The van der Waals surface area contributed by atoms with Gasteiger partial charge in [0.1, 0.15) is 0 Å². The monoisotopic (exact) mass is 252 g/mol. The van der Waals surface area contributed by atoms with E-state index in [1.165, 1.54) is 4.88 Å². The van der Waals surface area contributed by atoms with Gasteiger partial charge in [-0.05, 0) is 26.1 Å². The molecule has 0 saturated heterocycles. The average Bonchev–Trinajstić information content (AvgIpc) is 2.74. The predicted molar refractivity (Wildman–Crippen MR) is 73.1 cm³/mol. The van der Waals surface area contributed by atoms with Crippen LogP contribution >= 0.6 is 11.3 Å². The molecule has 94 valence electrons. The third-order valence-electron chi connectivity index (χ3n) is 2.22. The molecule has 1 aromatic heterocycles. The van der Waals surface area contributed by atoms with E-state index in [-0.39, 0.29) is 0 Å². The van der Waals surface area contributed by atoms with Crippen LogP contribution in [0.2, 0.25) is 0 Å². The number of ether oxygens (including phenoxy) is 1. The molecule has 0 aliphatic carbocycles. The highest BCUT2D eigenvalue weighted by atomic mass is 32.1. The van der Waals surface area contributed by atoms with Crippen LogP contribution in [0.15, 0.2) is 12.1 Å². The number of likely N-dealkylation sites (N-methyl/N-ethyl adjacent to an activating group) is 1. The molecule has 4 heteroatoms. The average molecular weight is 252 g/mol. The van der Waals surface area contributed by atoms with Gasteiger partial charge in [0.2, 0.25) is 0 Å². The van der Waals surface area contributed by atoms with Gasteiger partial charge in [-0.2, -0.15) is 0 Å². The fourth-order valence-electron chi connectivity index (χ4n) is 1.38. The Morgan fingerprint density at radius 1 is 1.47 bits per heavy atom. The lowest BCUT2D eigenvalue weighted by Gasteiger charge is -2.14. The molecule has 1 aromatic rings. The molecule has 1 heterocycles. The molecular weight excluding hydrogens is 232 g/mol. The van der Waals surface area contributed by atoms with Crippen molar-refractivity contribution >= 4 is 11.3 Å². The van der Waals surface area contributed by atoms with Crippen molar-refractivity contribution in [2.75, 3.05) is 33.4 Å². The van der Waals surface area contributed by atoms with Crippen molar-refractivity contribution in [2.45, 2.75) is 13.5 Å². The van der Waals surface area contributed by atoms with Crippen LogP contribution in [0.25, 0.3) is 0 Å². The summed E-state index contributed by atoms with van der Waals surface area (Å²) < 4.78 is 5.33. The van der Waals surface area contributed by atoms with E-state index in [4.69, 9.17) is 10.5 Å². The van der Waals surface area contributed by atoms with Crippen LogP contribution < -0.4 is 5.73 Å². The number of hydrogen-bond acceptors (Lipinski definition) is 4. The third kappa shape index (κ3) is 5.85. The number of rotatable bonds is 6. The highest BCUT2D eigenvalue weighted by molar-refractivity contribution is 7.12. The number of nitrogens with two attached hydrogens (primary N) is 1. The van der Waals surface area contributed by atoms with Crippen molar-refractivity contribution in [3.05, 3.63) is 21.9 Å². The van der Waals surface area contributed by atoms with Crippen molar-refractivity contribution < 1.29 is 4.74 Å². The molecule has 1 rings (SSSR count). The minimum Gasteiger partial charge on any atom is -0.380 e. The Balaban J connectivity index is 2.37. The lowest BCUT2D eigenvalue weighted by atomic mass is 10.4. The van der Waals surface area contributed by atoms with E-state index < -0.39 is 0 Å². The van der Waals surface area contributed by atoms with Gasteiger partial charge >= 0.3 is 0 Å².